The predicted molar refractivity (Wildman–Crippen MR) is 119 cm³/mol. The number of benzene rings is 2. The van der Waals surface area contributed by atoms with Gasteiger partial charge in [0.25, 0.3) is 0 Å². The Bertz CT molecular complexity index is 927. The molecule has 0 spiro atoms. The van der Waals surface area contributed by atoms with Gasteiger partial charge in [0.05, 0.1) is 4.90 Å². The minimum Gasteiger partial charge on any atom is -0.339 e. The van der Waals surface area contributed by atoms with Gasteiger partial charge < -0.3 is 4.90 Å². The third-order valence-corrected chi connectivity index (χ3v) is 7.74. The molecule has 1 atom stereocenters. The lowest BCUT2D eigenvalue weighted by molar-refractivity contribution is -0.132. The molecular weight excluding hydrogens is 396 g/mol. The number of hydrogen-bond donors (Lipinski definition) is 0. The van der Waals surface area contributed by atoms with Crippen LogP contribution in [-0.2, 0) is 21.4 Å². The van der Waals surface area contributed by atoms with E-state index in [1.54, 1.807) is 16.4 Å². The Hall–Kier alpha value is -2.18. The average molecular weight is 429 g/mol. The van der Waals surface area contributed by atoms with Crippen molar-refractivity contribution in [1.29, 1.82) is 0 Å². The highest BCUT2D eigenvalue weighted by atomic mass is 32.2. The molecule has 5 nitrogen and oxygen atoms in total. The summed E-state index contributed by atoms with van der Waals surface area (Å²) in [6.07, 6.45) is 3.00. The molecule has 1 heterocycles. The van der Waals surface area contributed by atoms with Gasteiger partial charge in [-0.3, -0.25) is 4.79 Å². The minimum absolute atomic E-state index is 0.139. The number of carbonyl (C=O) groups excluding carboxylic acids is 1. The first-order chi connectivity index (χ1) is 14.4. The standard InChI is InChI=1S/C24H32N2O3S/c1-3-25(18-21-8-5-4-6-9-21)24(27)16-13-22-10-7-17-26(19-22)30(28,29)23-14-11-20(2)12-15-23/h4-6,8-9,11-12,14-15,22H,3,7,10,13,16-19H2,1-2H3. The van der Waals surface area contributed by atoms with Gasteiger partial charge in [-0.25, -0.2) is 8.42 Å². The zero-order valence-corrected chi connectivity index (χ0v) is 18.8. The molecule has 2 aromatic carbocycles. The molecule has 1 aliphatic heterocycles. The zero-order valence-electron chi connectivity index (χ0n) is 18.0. The van der Waals surface area contributed by atoms with Crippen molar-refractivity contribution >= 4 is 15.9 Å². The van der Waals surface area contributed by atoms with Gasteiger partial charge in [-0.1, -0.05) is 48.0 Å². The molecule has 1 unspecified atom stereocenters. The molecule has 1 fully saturated rings. The number of hydrogen-bond acceptors (Lipinski definition) is 3. The topological polar surface area (TPSA) is 57.7 Å². The SMILES string of the molecule is CCN(Cc1ccccc1)C(=O)CCC1CCCN(S(=O)(=O)c2ccc(C)cc2)C1. The van der Waals surface area contributed by atoms with E-state index in [2.05, 4.69) is 0 Å². The molecule has 0 saturated carbocycles. The number of amides is 1. The van der Waals surface area contributed by atoms with E-state index in [4.69, 9.17) is 0 Å². The van der Waals surface area contributed by atoms with Gasteiger partial charge in [0, 0.05) is 32.6 Å². The normalized spacial score (nSPS) is 17.6. The predicted octanol–water partition coefficient (Wildman–Crippen LogP) is 4.22. The molecule has 2 aromatic rings. The molecule has 3 rings (SSSR count). The van der Waals surface area contributed by atoms with E-state index in [0.717, 1.165) is 30.4 Å². The van der Waals surface area contributed by atoms with Gasteiger partial charge in [0.2, 0.25) is 15.9 Å². The second-order valence-corrected chi connectivity index (χ2v) is 10.1. The molecule has 1 amide bonds. The van der Waals surface area contributed by atoms with Gasteiger partial charge >= 0.3 is 0 Å². The number of sulfonamides is 1. The Balaban J connectivity index is 1.56. The fourth-order valence-electron chi connectivity index (χ4n) is 4.01. The highest BCUT2D eigenvalue weighted by Crippen LogP contribution is 2.26. The number of carbonyl (C=O) groups is 1. The molecule has 30 heavy (non-hydrogen) atoms. The molecule has 1 saturated heterocycles. The maximum Gasteiger partial charge on any atom is 0.243 e. The summed E-state index contributed by atoms with van der Waals surface area (Å²) in [6.45, 7) is 6.28. The Kier molecular flexibility index (Phi) is 7.67. The highest BCUT2D eigenvalue weighted by molar-refractivity contribution is 7.89. The molecule has 0 bridgehead atoms. The van der Waals surface area contributed by atoms with Gasteiger partial charge in [-0.15, -0.1) is 0 Å². The lowest BCUT2D eigenvalue weighted by atomic mass is 9.94. The van der Waals surface area contributed by atoms with Crippen molar-refractivity contribution in [3.8, 4) is 0 Å². The first-order valence-corrected chi connectivity index (χ1v) is 12.2. The fraction of sp³-hybridized carbons (Fsp3) is 0.458. The Labute approximate surface area is 180 Å². The number of nitrogens with zero attached hydrogens (tertiary/aromatic N) is 2. The van der Waals surface area contributed by atoms with Crippen molar-refractivity contribution in [2.75, 3.05) is 19.6 Å². The third kappa shape index (κ3) is 5.70. The first-order valence-electron chi connectivity index (χ1n) is 10.8. The van der Waals surface area contributed by atoms with E-state index in [0.29, 0.717) is 37.5 Å². The van der Waals surface area contributed by atoms with Crippen LogP contribution in [0.1, 0.15) is 43.7 Å². The lowest BCUT2D eigenvalue weighted by Crippen LogP contribution is -2.40. The monoisotopic (exact) mass is 428 g/mol. The highest BCUT2D eigenvalue weighted by Gasteiger charge is 2.30. The van der Waals surface area contributed by atoms with Gasteiger partial charge in [-0.2, -0.15) is 4.31 Å². The molecule has 6 heteroatoms. The molecular formula is C24H32N2O3S. The summed E-state index contributed by atoms with van der Waals surface area (Å²) in [7, 11) is -3.47. The van der Waals surface area contributed by atoms with Crippen LogP contribution < -0.4 is 0 Å². The number of aryl methyl sites for hydroxylation is 1. The summed E-state index contributed by atoms with van der Waals surface area (Å²) in [4.78, 5) is 15.0. The van der Waals surface area contributed by atoms with Crippen LogP contribution in [0.5, 0.6) is 0 Å². The van der Waals surface area contributed by atoms with Crippen LogP contribution in [0.25, 0.3) is 0 Å². The Morgan fingerprint density at radius 1 is 1.10 bits per heavy atom. The van der Waals surface area contributed by atoms with Crippen LogP contribution in [0.15, 0.2) is 59.5 Å². The van der Waals surface area contributed by atoms with Gasteiger partial charge in [-0.05, 0) is 56.7 Å². The van der Waals surface area contributed by atoms with Crippen molar-refractivity contribution in [3.05, 3.63) is 65.7 Å². The molecule has 0 radical (unpaired) electrons. The van der Waals surface area contributed by atoms with E-state index in [-0.39, 0.29) is 11.8 Å². The molecule has 162 valence electrons. The van der Waals surface area contributed by atoms with Crippen LogP contribution in [0, 0.1) is 12.8 Å². The quantitative estimate of drug-likeness (QED) is 0.632. The summed E-state index contributed by atoms with van der Waals surface area (Å²) in [5, 5.41) is 0. The van der Waals surface area contributed by atoms with Gasteiger partial charge in [0.1, 0.15) is 0 Å². The Morgan fingerprint density at radius 2 is 1.80 bits per heavy atom. The van der Waals surface area contributed by atoms with Crippen LogP contribution in [0.4, 0.5) is 0 Å². The summed E-state index contributed by atoms with van der Waals surface area (Å²) in [5.41, 5.74) is 2.17. The lowest BCUT2D eigenvalue weighted by Gasteiger charge is -2.32. The molecule has 0 aliphatic carbocycles. The van der Waals surface area contributed by atoms with E-state index < -0.39 is 10.0 Å². The van der Waals surface area contributed by atoms with Crippen molar-refractivity contribution in [2.24, 2.45) is 5.92 Å². The zero-order chi connectivity index (χ0) is 21.6. The van der Waals surface area contributed by atoms with Crippen molar-refractivity contribution in [2.45, 2.75) is 51.0 Å². The van der Waals surface area contributed by atoms with E-state index in [1.165, 1.54) is 0 Å². The Morgan fingerprint density at radius 3 is 2.47 bits per heavy atom. The van der Waals surface area contributed by atoms with Crippen LogP contribution >= 0.6 is 0 Å². The second-order valence-electron chi connectivity index (χ2n) is 8.12. The maximum absolute atomic E-state index is 13.0. The fourth-order valence-corrected chi connectivity index (χ4v) is 5.56. The molecule has 0 aromatic heterocycles. The first kappa shape index (κ1) is 22.5. The van der Waals surface area contributed by atoms with Gasteiger partial charge in [0.15, 0.2) is 0 Å². The summed E-state index contributed by atoms with van der Waals surface area (Å²) >= 11 is 0. The maximum atomic E-state index is 13.0. The van der Waals surface area contributed by atoms with E-state index >= 15 is 0 Å². The van der Waals surface area contributed by atoms with Crippen molar-refractivity contribution < 1.29 is 13.2 Å². The third-order valence-electron chi connectivity index (χ3n) is 5.86. The average Bonchev–Trinajstić information content (AvgIpc) is 2.77. The summed E-state index contributed by atoms with van der Waals surface area (Å²) < 4.78 is 27.6. The van der Waals surface area contributed by atoms with E-state index in [1.807, 2.05) is 61.2 Å². The van der Waals surface area contributed by atoms with Crippen molar-refractivity contribution in [1.82, 2.24) is 9.21 Å². The van der Waals surface area contributed by atoms with Crippen LogP contribution in [-0.4, -0.2) is 43.2 Å². The van der Waals surface area contributed by atoms with E-state index in [9.17, 15) is 13.2 Å². The minimum atomic E-state index is -3.47. The van der Waals surface area contributed by atoms with Crippen LogP contribution in [0.2, 0.25) is 0 Å². The number of piperidine rings is 1. The second kappa shape index (κ2) is 10.2. The van der Waals surface area contributed by atoms with Crippen LogP contribution in [0.3, 0.4) is 0 Å². The largest absolute Gasteiger partial charge is 0.339 e. The number of rotatable bonds is 8. The summed E-state index contributed by atoms with van der Waals surface area (Å²) in [5.74, 6) is 0.359. The molecule has 1 aliphatic rings. The van der Waals surface area contributed by atoms with Crippen molar-refractivity contribution in [3.63, 3.8) is 0 Å². The summed E-state index contributed by atoms with van der Waals surface area (Å²) in [6, 6.07) is 17.0. The smallest absolute Gasteiger partial charge is 0.243 e. The molecule has 0 N–H and O–H groups in total.